The minimum Gasteiger partial charge on any atom is -0.294 e. The lowest BCUT2D eigenvalue weighted by Crippen LogP contribution is -2.25. The number of hydrogen-bond acceptors (Lipinski definition) is 1. The van der Waals surface area contributed by atoms with E-state index in [1.54, 1.807) is 0 Å². The molecule has 1 nitrogen and oxygen atoms in total. The first-order chi connectivity index (χ1) is 6.09. The van der Waals surface area contributed by atoms with Gasteiger partial charge in [-0.2, -0.15) is 0 Å². The molecule has 13 heavy (non-hydrogen) atoms. The van der Waals surface area contributed by atoms with E-state index < -0.39 is 0 Å². The van der Waals surface area contributed by atoms with Crippen molar-refractivity contribution >= 4 is 5.78 Å². The van der Waals surface area contributed by atoms with Crippen molar-refractivity contribution < 1.29 is 4.79 Å². The van der Waals surface area contributed by atoms with Crippen LogP contribution in [0.15, 0.2) is 23.3 Å². The zero-order valence-corrected chi connectivity index (χ0v) is 8.39. The molecule has 1 heteroatoms. The summed E-state index contributed by atoms with van der Waals surface area (Å²) in [6.07, 6.45) is 8.85. The van der Waals surface area contributed by atoms with Gasteiger partial charge < -0.3 is 0 Å². The smallest absolute Gasteiger partial charge is 0.165 e. The molecule has 0 aliphatic heterocycles. The van der Waals surface area contributed by atoms with Crippen LogP contribution >= 0.6 is 0 Å². The molecule has 0 N–H and O–H groups in total. The quantitative estimate of drug-likeness (QED) is 0.554. The van der Waals surface area contributed by atoms with E-state index in [1.807, 2.05) is 19.9 Å². The Kier molecular flexibility index (Phi) is 1.90. The zero-order chi connectivity index (χ0) is 9.47. The number of carbonyl (C=O) groups is 1. The molecule has 0 saturated heterocycles. The van der Waals surface area contributed by atoms with Crippen LogP contribution in [-0.4, -0.2) is 5.78 Å². The van der Waals surface area contributed by atoms with Gasteiger partial charge in [0.2, 0.25) is 0 Å². The van der Waals surface area contributed by atoms with Gasteiger partial charge in [-0.05, 0) is 56.8 Å². The molecule has 0 atom stereocenters. The summed E-state index contributed by atoms with van der Waals surface area (Å²) in [5.74, 6) is 0.271. The van der Waals surface area contributed by atoms with Gasteiger partial charge >= 0.3 is 0 Å². The Morgan fingerprint density at radius 3 is 2.46 bits per heavy atom. The summed E-state index contributed by atoms with van der Waals surface area (Å²) in [6, 6.07) is 0. The van der Waals surface area contributed by atoms with Crippen LogP contribution in [0.1, 0.15) is 39.5 Å². The van der Waals surface area contributed by atoms with Crippen molar-refractivity contribution in [3.63, 3.8) is 0 Å². The van der Waals surface area contributed by atoms with E-state index in [2.05, 4.69) is 6.08 Å². The highest BCUT2D eigenvalue weighted by atomic mass is 16.1. The molecule has 0 bridgehead atoms. The SMILES string of the molecule is CC1(C)C=C2CCCCC2=CC1=O. The van der Waals surface area contributed by atoms with E-state index in [-0.39, 0.29) is 11.2 Å². The van der Waals surface area contributed by atoms with Gasteiger partial charge in [0, 0.05) is 5.41 Å². The lowest BCUT2D eigenvalue weighted by atomic mass is 9.75. The molecule has 0 unspecified atom stereocenters. The molecule has 0 aromatic carbocycles. The molecule has 0 aromatic heterocycles. The Hall–Kier alpha value is -0.850. The third kappa shape index (κ3) is 1.48. The molecule has 1 fully saturated rings. The van der Waals surface area contributed by atoms with E-state index in [4.69, 9.17) is 0 Å². The Bertz CT molecular complexity index is 305. The van der Waals surface area contributed by atoms with Gasteiger partial charge in [-0.15, -0.1) is 0 Å². The highest BCUT2D eigenvalue weighted by Gasteiger charge is 2.29. The molecule has 70 valence electrons. The van der Waals surface area contributed by atoms with Crippen LogP contribution in [0.3, 0.4) is 0 Å². The lowest BCUT2D eigenvalue weighted by Gasteiger charge is -2.28. The van der Waals surface area contributed by atoms with Crippen LogP contribution < -0.4 is 0 Å². The largest absolute Gasteiger partial charge is 0.294 e. The molecule has 0 amide bonds. The molecule has 2 rings (SSSR count). The monoisotopic (exact) mass is 176 g/mol. The summed E-state index contributed by atoms with van der Waals surface area (Å²) in [5, 5.41) is 0. The number of carbonyl (C=O) groups excluding carboxylic acids is 1. The summed E-state index contributed by atoms with van der Waals surface area (Å²) in [5.41, 5.74) is 2.47. The molecule has 0 radical (unpaired) electrons. The van der Waals surface area contributed by atoms with E-state index in [1.165, 1.54) is 30.4 Å². The minimum atomic E-state index is -0.254. The number of fused-ring (bicyclic) bond motifs is 1. The van der Waals surface area contributed by atoms with Crippen molar-refractivity contribution in [3.05, 3.63) is 23.3 Å². The fourth-order valence-corrected chi connectivity index (χ4v) is 2.13. The first-order valence-electron chi connectivity index (χ1n) is 5.07. The maximum Gasteiger partial charge on any atom is 0.165 e. The second-order valence-corrected chi connectivity index (χ2v) is 4.63. The van der Waals surface area contributed by atoms with Gasteiger partial charge in [-0.25, -0.2) is 0 Å². The number of rotatable bonds is 0. The Morgan fingerprint density at radius 1 is 1.15 bits per heavy atom. The van der Waals surface area contributed by atoms with Gasteiger partial charge in [0.25, 0.3) is 0 Å². The van der Waals surface area contributed by atoms with Crippen molar-refractivity contribution in [3.8, 4) is 0 Å². The second-order valence-electron chi connectivity index (χ2n) is 4.63. The highest BCUT2D eigenvalue weighted by Crippen LogP contribution is 2.37. The second kappa shape index (κ2) is 2.83. The van der Waals surface area contributed by atoms with Crippen molar-refractivity contribution in [2.45, 2.75) is 39.5 Å². The molecule has 2 aliphatic carbocycles. The van der Waals surface area contributed by atoms with Gasteiger partial charge in [-0.3, -0.25) is 4.79 Å². The maximum absolute atomic E-state index is 11.6. The zero-order valence-electron chi connectivity index (χ0n) is 8.39. The van der Waals surface area contributed by atoms with Gasteiger partial charge in [0.05, 0.1) is 0 Å². The van der Waals surface area contributed by atoms with Crippen LogP contribution in [0.4, 0.5) is 0 Å². The first-order valence-corrected chi connectivity index (χ1v) is 5.07. The first kappa shape index (κ1) is 8.74. The fourth-order valence-electron chi connectivity index (χ4n) is 2.13. The van der Waals surface area contributed by atoms with E-state index in [0.717, 1.165) is 6.42 Å². The number of ketones is 1. The average Bonchev–Trinajstić information content (AvgIpc) is 2.06. The Morgan fingerprint density at radius 2 is 1.77 bits per heavy atom. The van der Waals surface area contributed by atoms with Gasteiger partial charge in [0.15, 0.2) is 5.78 Å². The predicted molar refractivity (Wildman–Crippen MR) is 53.4 cm³/mol. The Labute approximate surface area is 79.5 Å². The normalized spacial score (nSPS) is 26.2. The average molecular weight is 176 g/mol. The molecular weight excluding hydrogens is 160 g/mol. The van der Waals surface area contributed by atoms with Crippen molar-refractivity contribution in [1.82, 2.24) is 0 Å². The van der Waals surface area contributed by atoms with E-state index >= 15 is 0 Å². The number of hydrogen-bond donors (Lipinski definition) is 0. The molecule has 0 aromatic rings. The predicted octanol–water partition coefficient (Wildman–Crippen LogP) is 3.02. The lowest BCUT2D eigenvalue weighted by molar-refractivity contribution is -0.120. The maximum atomic E-state index is 11.6. The topological polar surface area (TPSA) is 17.1 Å². The highest BCUT2D eigenvalue weighted by molar-refractivity contribution is 5.98. The van der Waals surface area contributed by atoms with Crippen LogP contribution in [0, 0.1) is 5.41 Å². The summed E-state index contributed by atoms with van der Waals surface area (Å²) in [7, 11) is 0. The Balaban J connectivity index is 2.36. The van der Waals surface area contributed by atoms with Crippen molar-refractivity contribution in [2.75, 3.05) is 0 Å². The number of allylic oxidation sites excluding steroid dienone is 4. The summed E-state index contributed by atoms with van der Waals surface area (Å²) < 4.78 is 0. The third-order valence-electron chi connectivity index (χ3n) is 3.03. The van der Waals surface area contributed by atoms with Crippen molar-refractivity contribution in [1.29, 1.82) is 0 Å². The van der Waals surface area contributed by atoms with E-state index in [9.17, 15) is 4.79 Å². The van der Waals surface area contributed by atoms with Crippen LogP contribution in [0.25, 0.3) is 0 Å². The fraction of sp³-hybridized carbons (Fsp3) is 0.583. The van der Waals surface area contributed by atoms with Crippen LogP contribution in [-0.2, 0) is 4.79 Å². The standard InChI is InChI=1S/C12H16O/c1-12(2)8-10-6-4-3-5-9(10)7-11(12)13/h7-8H,3-6H2,1-2H3. The molecule has 1 saturated carbocycles. The summed E-state index contributed by atoms with van der Waals surface area (Å²) >= 11 is 0. The third-order valence-corrected chi connectivity index (χ3v) is 3.03. The molecule has 0 heterocycles. The summed E-state index contributed by atoms with van der Waals surface area (Å²) in [4.78, 5) is 11.6. The van der Waals surface area contributed by atoms with Crippen molar-refractivity contribution in [2.24, 2.45) is 5.41 Å². The van der Waals surface area contributed by atoms with Gasteiger partial charge in [0.1, 0.15) is 0 Å². The van der Waals surface area contributed by atoms with E-state index in [0.29, 0.717) is 0 Å². The molecular formula is C12H16O. The van der Waals surface area contributed by atoms with Gasteiger partial charge in [-0.1, -0.05) is 6.08 Å². The summed E-state index contributed by atoms with van der Waals surface area (Å²) in [6.45, 7) is 4.01. The molecule has 2 aliphatic rings. The molecule has 0 spiro atoms. The van der Waals surface area contributed by atoms with Crippen LogP contribution in [0.5, 0.6) is 0 Å². The minimum absolute atomic E-state index is 0.254. The van der Waals surface area contributed by atoms with Crippen LogP contribution in [0.2, 0.25) is 0 Å².